The topological polar surface area (TPSA) is 46.3 Å². The van der Waals surface area contributed by atoms with E-state index in [9.17, 15) is 4.79 Å². The maximum atomic E-state index is 13.1. The van der Waals surface area contributed by atoms with Crippen molar-refractivity contribution in [1.82, 2.24) is 10.1 Å². The second kappa shape index (κ2) is 8.53. The fourth-order valence-electron chi connectivity index (χ4n) is 3.33. The fraction of sp³-hybridized carbons (Fsp3) is 0.167. The minimum absolute atomic E-state index is 0.0545. The maximum absolute atomic E-state index is 13.1. The molecule has 0 bridgehead atoms. The lowest BCUT2D eigenvalue weighted by Gasteiger charge is -2.23. The van der Waals surface area contributed by atoms with E-state index in [-0.39, 0.29) is 12.3 Å². The van der Waals surface area contributed by atoms with Gasteiger partial charge < -0.3 is 9.42 Å². The molecule has 4 heteroatoms. The number of carbonyl (C=O) groups excluding carboxylic acids is 1. The van der Waals surface area contributed by atoms with E-state index in [1.807, 2.05) is 77.7 Å². The van der Waals surface area contributed by atoms with Gasteiger partial charge in [-0.05, 0) is 29.7 Å². The van der Waals surface area contributed by atoms with Gasteiger partial charge in [0.15, 0.2) is 5.58 Å². The zero-order valence-electron chi connectivity index (χ0n) is 15.6. The van der Waals surface area contributed by atoms with Crippen LogP contribution in [-0.2, 0) is 24.2 Å². The number of hydrogen-bond acceptors (Lipinski definition) is 3. The van der Waals surface area contributed by atoms with Gasteiger partial charge in [-0.2, -0.15) is 0 Å². The highest BCUT2D eigenvalue weighted by Crippen LogP contribution is 2.19. The molecular weight excluding hydrogens is 348 g/mol. The predicted octanol–water partition coefficient (Wildman–Crippen LogP) is 4.64. The molecule has 0 radical (unpaired) electrons. The molecule has 0 aliphatic heterocycles. The van der Waals surface area contributed by atoms with Gasteiger partial charge in [0, 0.05) is 18.5 Å². The zero-order valence-corrected chi connectivity index (χ0v) is 15.6. The van der Waals surface area contributed by atoms with Crippen molar-refractivity contribution in [1.29, 1.82) is 0 Å². The standard InChI is InChI=1S/C24H22N2O2/c27-24(17-22-21-13-7-8-14-23(21)28-25-22)26(18-20-11-5-2-6-12-20)16-15-19-9-3-1-4-10-19/h1-14H,15-18H2. The van der Waals surface area contributed by atoms with Crippen LogP contribution in [-0.4, -0.2) is 22.5 Å². The van der Waals surface area contributed by atoms with Crippen LogP contribution in [0.2, 0.25) is 0 Å². The van der Waals surface area contributed by atoms with Crippen LogP contribution >= 0.6 is 0 Å². The molecule has 0 aliphatic rings. The van der Waals surface area contributed by atoms with Crippen LogP contribution in [0, 0.1) is 0 Å². The molecule has 140 valence electrons. The molecule has 1 amide bonds. The molecule has 28 heavy (non-hydrogen) atoms. The predicted molar refractivity (Wildman–Crippen MR) is 110 cm³/mol. The largest absolute Gasteiger partial charge is 0.356 e. The van der Waals surface area contributed by atoms with E-state index in [1.54, 1.807) is 0 Å². The Labute approximate surface area is 164 Å². The molecule has 0 N–H and O–H groups in total. The van der Waals surface area contributed by atoms with Crippen LogP contribution in [0.1, 0.15) is 16.8 Å². The number of carbonyl (C=O) groups is 1. The Morgan fingerprint density at radius 1 is 0.821 bits per heavy atom. The van der Waals surface area contributed by atoms with Gasteiger partial charge >= 0.3 is 0 Å². The first-order valence-electron chi connectivity index (χ1n) is 9.48. The van der Waals surface area contributed by atoms with Crippen LogP contribution in [0.15, 0.2) is 89.5 Å². The highest BCUT2D eigenvalue weighted by molar-refractivity contribution is 5.86. The number of amides is 1. The molecule has 0 saturated heterocycles. The molecule has 4 rings (SSSR count). The number of benzene rings is 3. The van der Waals surface area contributed by atoms with Crippen LogP contribution in [0.4, 0.5) is 0 Å². The number of nitrogens with zero attached hydrogens (tertiary/aromatic N) is 2. The van der Waals surface area contributed by atoms with Crippen LogP contribution in [0.25, 0.3) is 11.0 Å². The lowest BCUT2D eigenvalue weighted by atomic mass is 10.1. The first kappa shape index (κ1) is 18.0. The molecule has 1 heterocycles. The van der Waals surface area contributed by atoms with Crippen molar-refractivity contribution in [3.63, 3.8) is 0 Å². The lowest BCUT2D eigenvalue weighted by Crippen LogP contribution is -2.33. The first-order chi connectivity index (χ1) is 13.8. The van der Waals surface area contributed by atoms with Crippen molar-refractivity contribution >= 4 is 16.9 Å². The Morgan fingerprint density at radius 2 is 1.46 bits per heavy atom. The van der Waals surface area contributed by atoms with Gasteiger partial charge in [0.05, 0.1) is 6.42 Å². The molecule has 0 spiro atoms. The summed E-state index contributed by atoms with van der Waals surface area (Å²) in [5, 5.41) is 5.02. The summed E-state index contributed by atoms with van der Waals surface area (Å²) in [6.07, 6.45) is 1.05. The molecule has 0 atom stereocenters. The van der Waals surface area contributed by atoms with Crippen molar-refractivity contribution in [3.8, 4) is 0 Å². The lowest BCUT2D eigenvalue weighted by molar-refractivity contribution is -0.131. The summed E-state index contributed by atoms with van der Waals surface area (Å²) < 4.78 is 5.36. The van der Waals surface area contributed by atoms with Crippen LogP contribution < -0.4 is 0 Å². The van der Waals surface area contributed by atoms with E-state index in [0.29, 0.717) is 24.4 Å². The third-order valence-corrected chi connectivity index (χ3v) is 4.85. The van der Waals surface area contributed by atoms with E-state index < -0.39 is 0 Å². The first-order valence-corrected chi connectivity index (χ1v) is 9.48. The zero-order chi connectivity index (χ0) is 19.2. The van der Waals surface area contributed by atoms with Gasteiger partial charge in [0.1, 0.15) is 5.69 Å². The van der Waals surface area contributed by atoms with Crippen molar-refractivity contribution < 1.29 is 9.32 Å². The van der Waals surface area contributed by atoms with Crippen molar-refractivity contribution in [3.05, 3.63) is 102 Å². The van der Waals surface area contributed by atoms with Crippen molar-refractivity contribution in [2.75, 3.05) is 6.54 Å². The van der Waals surface area contributed by atoms with Gasteiger partial charge in [0.25, 0.3) is 0 Å². The van der Waals surface area contributed by atoms with E-state index in [0.717, 1.165) is 17.4 Å². The molecule has 4 aromatic rings. The minimum Gasteiger partial charge on any atom is -0.356 e. The molecule has 0 fully saturated rings. The van der Waals surface area contributed by atoms with E-state index >= 15 is 0 Å². The van der Waals surface area contributed by atoms with E-state index in [1.165, 1.54) is 5.56 Å². The normalized spacial score (nSPS) is 10.9. The summed E-state index contributed by atoms with van der Waals surface area (Å²) in [6, 6.07) is 28.0. The molecule has 0 saturated carbocycles. The Balaban J connectivity index is 1.52. The van der Waals surface area contributed by atoms with E-state index in [4.69, 9.17) is 4.52 Å². The van der Waals surface area contributed by atoms with Gasteiger partial charge in [0.2, 0.25) is 5.91 Å². The minimum atomic E-state index is 0.0545. The van der Waals surface area contributed by atoms with Gasteiger partial charge in [-0.1, -0.05) is 78.0 Å². The average Bonchev–Trinajstić information content (AvgIpc) is 3.15. The smallest absolute Gasteiger partial charge is 0.229 e. The molecule has 1 aromatic heterocycles. The van der Waals surface area contributed by atoms with Gasteiger partial charge in [-0.15, -0.1) is 0 Å². The van der Waals surface area contributed by atoms with Gasteiger partial charge in [-0.25, -0.2) is 0 Å². The summed E-state index contributed by atoms with van der Waals surface area (Å²) >= 11 is 0. The number of aromatic nitrogens is 1. The van der Waals surface area contributed by atoms with Crippen LogP contribution in [0.5, 0.6) is 0 Å². The third kappa shape index (κ3) is 4.29. The van der Waals surface area contributed by atoms with Gasteiger partial charge in [-0.3, -0.25) is 4.79 Å². The summed E-state index contributed by atoms with van der Waals surface area (Å²) in [5.41, 5.74) is 3.75. The number of para-hydroxylation sites is 1. The van der Waals surface area contributed by atoms with Crippen molar-refractivity contribution in [2.45, 2.75) is 19.4 Å². The maximum Gasteiger partial charge on any atom is 0.229 e. The summed E-state index contributed by atoms with van der Waals surface area (Å²) in [5.74, 6) is 0.0545. The average molecular weight is 370 g/mol. The summed E-state index contributed by atoms with van der Waals surface area (Å²) in [6.45, 7) is 1.25. The van der Waals surface area contributed by atoms with E-state index in [2.05, 4.69) is 17.3 Å². The second-order valence-electron chi connectivity index (χ2n) is 6.84. The Kier molecular flexibility index (Phi) is 5.48. The number of fused-ring (bicyclic) bond motifs is 1. The highest BCUT2D eigenvalue weighted by atomic mass is 16.5. The summed E-state index contributed by atoms with van der Waals surface area (Å²) in [7, 11) is 0. The molecule has 0 unspecified atom stereocenters. The third-order valence-electron chi connectivity index (χ3n) is 4.85. The Hall–Kier alpha value is -3.40. The highest BCUT2D eigenvalue weighted by Gasteiger charge is 2.18. The molecule has 0 aliphatic carbocycles. The number of hydrogen-bond donors (Lipinski definition) is 0. The quantitative estimate of drug-likeness (QED) is 0.476. The summed E-state index contributed by atoms with van der Waals surface area (Å²) in [4.78, 5) is 15.0. The van der Waals surface area contributed by atoms with Crippen molar-refractivity contribution in [2.24, 2.45) is 0 Å². The monoisotopic (exact) mass is 370 g/mol. The van der Waals surface area contributed by atoms with Crippen LogP contribution in [0.3, 0.4) is 0 Å². The Bertz CT molecular complexity index is 1040. The Morgan fingerprint density at radius 3 is 2.21 bits per heavy atom. The molecular formula is C24H22N2O2. The fourth-order valence-corrected chi connectivity index (χ4v) is 3.33. The molecule has 3 aromatic carbocycles. The number of rotatable bonds is 7. The second-order valence-corrected chi connectivity index (χ2v) is 6.84. The SMILES string of the molecule is O=C(Cc1noc2ccccc12)N(CCc1ccccc1)Cc1ccccc1. The molecule has 4 nitrogen and oxygen atoms in total.